The van der Waals surface area contributed by atoms with E-state index in [1.54, 1.807) is 18.2 Å². The maximum absolute atomic E-state index is 12.7. The molecule has 0 spiro atoms. The van der Waals surface area contributed by atoms with Crippen LogP contribution in [0, 0.1) is 0 Å². The number of carbonyl (C=O) groups excluding carboxylic acids is 2. The van der Waals surface area contributed by atoms with E-state index in [1.807, 2.05) is 0 Å². The first-order valence-electron chi connectivity index (χ1n) is 7.50. The van der Waals surface area contributed by atoms with Gasteiger partial charge >= 0.3 is 18.1 Å². The van der Waals surface area contributed by atoms with Gasteiger partial charge in [0.1, 0.15) is 0 Å². The molecule has 1 saturated heterocycles. The molecule has 1 aliphatic rings. The van der Waals surface area contributed by atoms with Crippen LogP contribution in [0.25, 0.3) is 11.1 Å². The predicted octanol–water partition coefficient (Wildman–Crippen LogP) is 3.84. The molecular weight excluding hydrogens is 337 g/mol. The molecule has 0 amide bonds. The average Bonchev–Trinajstić information content (AvgIpc) is 2.99. The summed E-state index contributed by atoms with van der Waals surface area (Å²) in [6, 6.07) is 10.8. The Morgan fingerprint density at radius 2 is 1.76 bits per heavy atom. The Kier molecular flexibility index (Phi) is 4.48. The third-order valence-electron chi connectivity index (χ3n) is 3.81. The number of cyclic esters (lactones) is 1. The molecule has 1 fully saturated rings. The quantitative estimate of drug-likeness (QED) is 0.789. The molecule has 2 aromatic rings. The Morgan fingerprint density at radius 3 is 2.36 bits per heavy atom. The van der Waals surface area contributed by atoms with Crippen molar-refractivity contribution < 1.29 is 32.2 Å². The third kappa shape index (κ3) is 3.65. The fraction of sp³-hybridized carbons (Fsp3) is 0.222. The lowest BCUT2D eigenvalue weighted by Crippen LogP contribution is -2.23. The second-order valence-corrected chi connectivity index (χ2v) is 5.47. The molecule has 2 aromatic carbocycles. The van der Waals surface area contributed by atoms with Crippen LogP contribution in [0.3, 0.4) is 0 Å². The van der Waals surface area contributed by atoms with Gasteiger partial charge in [-0.25, -0.2) is 9.59 Å². The molecule has 0 aromatic heterocycles. The van der Waals surface area contributed by atoms with Gasteiger partial charge in [-0.15, -0.1) is 0 Å². The molecule has 1 atom stereocenters. The third-order valence-corrected chi connectivity index (χ3v) is 3.81. The molecule has 0 aliphatic carbocycles. The Labute approximate surface area is 141 Å². The zero-order chi connectivity index (χ0) is 18.0. The van der Waals surface area contributed by atoms with Crippen LogP contribution in [0.1, 0.15) is 22.3 Å². The van der Waals surface area contributed by atoms with Crippen molar-refractivity contribution in [3.05, 3.63) is 59.7 Å². The molecule has 7 heteroatoms. The van der Waals surface area contributed by atoms with E-state index in [-0.39, 0.29) is 18.6 Å². The minimum Gasteiger partial charge on any atom is -0.463 e. The van der Waals surface area contributed by atoms with Crippen molar-refractivity contribution in [1.82, 2.24) is 0 Å². The molecule has 130 valence electrons. The summed E-state index contributed by atoms with van der Waals surface area (Å²) in [5.74, 6) is -1.32. The summed E-state index contributed by atoms with van der Waals surface area (Å²) in [4.78, 5) is 23.8. The second kappa shape index (κ2) is 6.58. The van der Waals surface area contributed by atoms with Crippen LogP contribution in [0.4, 0.5) is 13.2 Å². The van der Waals surface area contributed by atoms with Gasteiger partial charge in [0, 0.05) is 6.42 Å². The molecular formula is C18H13F3O4. The monoisotopic (exact) mass is 350 g/mol. The molecule has 1 heterocycles. The van der Waals surface area contributed by atoms with E-state index in [1.165, 1.54) is 18.2 Å². The number of carbonyl (C=O) groups is 2. The number of halogens is 3. The molecule has 0 saturated carbocycles. The maximum atomic E-state index is 12.7. The highest BCUT2D eigenvalue weighted by molar-refractivity contribution is 5.98. The second-order valence-electron chi connectivity index (χ2n) is 5.47. The zero-order valence-electron chi connectivity index (χ0n) is 12.9. The Balaban J connectivity index is 1.88. The number of rotatable bonds is 3. The topological polar surface area (TPSA) is 52.6 Å². The lowest BCUT2D eigenvalue weighted by Gasteiger charge is -2.13. The highest BCUT2D eigenvalue weighted by atomic mass is 19.4. The van der Waals surface area contributed by atoms with E-state index in [4.69, 9.17) is 9.47 Å². The lowest BCUT2D eigenvalue weighted by molar-refractivity contribution is -0.145. The summed E-state index contributed by atoms with van der Waals surface area (Å²) in [7, 11) is 0. The summed E-state index contributed by atoms with van der Waals surface area (Å²) >= 11 is 0. The summed E-state index contributed by atoms with van der Waals surface area (Å²) in [5, 5.41) is 0. The molecule has 4 nitrogen and oxygen atoms in total. The highest BCUT2D eigenvalue weighted by Crippen LogP contribution is 2.32. The van der Waals surface area contributed by atoms with Gasteiger partial charge in [0.05, 0.1) is 17.7 Å². The molecule has 1 aliphatic heterocycles. The number of benzene rings is 2. The first-order valence-corrected chi connectivity index (χ1v) is 7.50. The largest absolute Gasteiger partial charge is 0.463 e. The van der Waals surface area contributed by atoms with Gasteiger partial charge in [0.15, 0.2) is 0 Å². The fourth-order valence-electron chi connectivity index (χ4n) is 2.53. The van der Waals surface area contributed by atoms with Crippen molar-refractivity contribution in [1.29, 1.82) is 0 Å². The minimum atomic E-state index is -4.43. The molecule has 0 radical (unpaired) electrons. The average molecular weight is 350 g/mol. The van der Waals surface area contributed by atoms with Crippen molar-refractivity contribution in [2.45, 2.75) is 18.7 Å². The zero-order valence-corrected chi connectivity index (χ0v) is 12.9. The van der Waals surface area contributed by atoms with Crippen molar-refractivity contribution in [3.8, 4) is 11.1 Å². The van der Waals surface area contributed by atoms with Crippen LogP contribution >= 0.6 is 0 Å². The van der Waals surface area contributed by atoms with Crippen molar-refractivity contribution in [2.24, 2.45) is 0 Å². The number of hydrogen-bond donors (Lipinski definition) is 0. The summed E-state index contributed by atoms with van der Waals surface area (Å²) in [6.45, 7) is 0.192. The van der Waals surface area contributed by atoms with Crippen LogP contribution in [0.15, 0.2) is 48.5 Å². The van der Waals surface area contributed by atoms with E-state index in [0.717, 1.165) is 12.1 Å². The maximum Gasteiger partial charge on any atom is 0.416 e. The molecule has 0 unspecified atom stereocenters. The summed E-state index contributed by atoms with van der Waals surface area (Å²) < 4.78 is 47.9. The van der Waals surface area contributed by atoms with E-state index in [9.17, 15) is 22.8 Å². The predicted molar refractivity (Wildman–Crippen MR) is 81.7 cm³/mol. The fourth-order valence-corrected chi connectivity index (χ4v) is 2.53. The normalized spacial score (nSPS) is 17.2. The number of ether oxygens (including phenoxy) is 2. The molecule has 0 N–H and O–H groups in total. The standard InChI is InChI=1S/C18H13F3O4/c19-18(20,21)12-7-5-11(6-8-12)13-3-1-2-4-14(13)16(22)25-15-9-10-24-17(15)23/h1-8,15H,9-10H2/t15-/m0/s1. The molecule has 25 heavy (non-hydrogen) atoms. The Hall–Kier alpha value is -2.83. The minimum absolute atomic E-state index is 0.168. The van der Waals surface area contributed by atoms with Gasteiger partial charge in [-0.3, -0.25) is 0 Å². The first-order chi connectivity index (χ1) is 11.9. The Morgan fingerprint density at radius 1 is 1.08 bits per heavy atom. The molecule has 0 bridgehead atoms. The van der Waals surface area contributed by atoms with Crippen LogP contribution in [0.2, 0.25) is 0 Å². The number of esters is 2. The molecule has 3 rings (SSSR count). The summed E-state index contributed by atoms with van der Waals surface area (Å²) in [5.41, 5.74) is 0.258. The van der Waals surface area contributed by atoms with E-state index in [0.29, 0.717) is 11.1 Å². The lowest BCUT2D eigenvalue weighted by atomic mass is 9.98. The summed E-state index contributed by atoms with van der Waals surface area (Å²) in [6.07, 6.45) is -5.10. The van der Waals surface area contributed by atoms with Gasteiger partial charge in [0.25, 0.3) is 0 Å². The highest BCUT2D eigenvalue weighted by Gasteiger charge is 2.32. The van der Waals surface area contributed by atoms with Gasteiger partial charge in [-0.1, -0.05) is 30.3 Å². The number of hydrogen-bond acceptors (Lipinski definition) is 4. The first kappa shape index (κ1) is 17.0. The van der Waals surface area contributed by atoms with Gasteiger partial charge in [-0.2, -0.15) is 13.2 Å². The Bertz CT molecular complexity index is 797. The van der Waals surface area contributed by atoms with Crippen LogP contribution in [-0.4, -0.2) is 24.6 Å². The van der Waals surface area contributed by atoms with Crippen molar-refractivity contribution >= 4 is 11.9 Å². The van der Waals surface area contributed by atoms with E-state index >= 15 is 0 Å². The van der Waals surface area contributed by atoms with Gasteiger partial charge < -0.3 is 9.47 Å². The van der Waals surface area contributed by atoms with Crippen LogP contribution in [-0.2, 0) is 20.4 Å². The smallest absolute Gasteiger partial charge is 0.416 e. The van der Waals surface area contributed by atoms with Crippen LogP contribution < -0.4 is 0 Å². The van der Waals surface area contributed by atoms with Crippen molar-refractivity contribution in [3.63, 3.8) is 0 Å². The van der Waals surface area contributed by atoms with E-state index < -0.39 is 29.8 Å². The van der Waals surface area contributed by atoms with E-state index in [2.05, 4.69) is 0 Å². The SMILES string of the molecule is O=C(O[C@H]1CCOC1=O)c1ccccc1-c1ccc(C(F)(F)F)cc1. The van der Waals surface area contributed by atoms with Gasteiger partial charge in [-0.05, 0) is 29.3 Å². The van der Waals surface area contributed by atoms with Gasteiger partial charge in [0.2, 0.25) is 6.10 Å². The number of alkyl halides is 3. The van der Waals surface area contributed by atoms with Crippen LogP contribution in [0.5, 0.6) is 0 Å². The van der Waals surface area contributed by atoms with Crippen molar-refractivity contribution in [2.75, 3.05) is 6.61 Å².